The van der Waals surface area contributed by atoms with Crippen molar-refractivity contribution in [3.05, 3.63) is 11.7 Å². The average Bonchev–Trinajstić information content (AvgIpc) is 2.75. The predicted octanol–water partition coefficient (Wildman–Crippen LogP) is 0.475. The van der Waals surface area contributed by atoms with Gasteiger partial charge in [0.2, 0.25) is 5.89 Å². The molecule has 0 saturated carbocycles. The van der Waals surface area contributed by atoms with Crippen LogP contribution in [0.25, 0.3) is 0 Å². The van der Waals surface area contributed by atoms with Gasteiger partial charge in [0.15, 0.2) is 0 Å². The summed E-state index contributed by atoms with van der Waals surface area (Å²) in [4.78, 5) is 15.1. The van der Waals surface area contributed by atoms with E-state index in [4.69, 9.17) is 10.3 Å². The summed E-state index contributed by atoms with van der Waals surface area (Å²) >= 11 is 0. The Morgan fingerprint density at radius 3 is 2.87 bits per heavy atom. The number of nitrogens with two attached hydrogens (primary N) is 1. The van der Waals surface area contributed by atoms with E-state index >= 15 is 0 Å². The molecule has 0 aliphatic rings. The van der Waals surface area contributed by atoms with Crippen molar-refractivity contribution in [3.8, 4) is 0 Å². The van der Waals surface area contributed by atoms with Gasteiger partial charge in [0.05, 0.1) is 6.04 Å². The van der Waals surface area contributed by atoms with Gasteiger partial charge in [-0.15, -0.1) is 0 Å². The van der Waals surface area contributed by atoms with Crippen LogP contribution in [0, 0.1) is 5.92 Å². The van der Waals surface area contributed by atoms with E-state index in [9.17, 15) is 4.79 Å². The Bertz CT molecular complexity index is 337. The lowest BCUT2D eigenvalue weighted by atomic mass is 10.0. The number of carbonyl (C=O) groups is 1. The molecule has 0 aliphatic heterocycles. The van der Waals surface area contributed by atoms with Crippen molar-refractivity contribution < 1.29 is 9.32 Å². The van der Waals surface area contributed by atoms with Crippen LogP contribution in [0.4, 0.5) is 0 Å². The van der Waals surface area contributed by atoms with Crippen LogP contribution in [0.3, 0.4) is 0 Å². The summed E-state index contributed by atoms with van der Waals surface area (Å²) in [5.74, 6) is 0.193. The highest BCUT2D eigenvalue weighted by molar-refractivity contribution is 5.89. The van der Waals surface area contributed by atoms with Crippen molar-refractivity contribution >= 4 is 5.91 Å². The second kappa shape index (κ2) is 4.88. The van der Waals surface area contributed by atoms with Crippen molar-refractivity contribution in [2.45, 2.75) is 26.3 Å². The minimum Gasteiger partial charge on any atom is -0.352 e. The summed E-state index contributed by atoms with van der Waals surface area (Å²) in [6, 6.07) is -0.319. The van der Waals surface area contributed by atoms with E-state index in [0.717, 1.165) is 6.42 Å². The van der Waals surface area contributed by atoms with E-state index in [1.54, 1.807) is 0 Å². The zero-order valence-corrected chi connectivity index (χ0v) is 9.15. The van der Waals surface area contributed by atoms with Gasteiger partial charge >= 0.3 is 0 Å². The number of nitrogens with one attached hydrogen (secondary N) is 1. The van der Waals surface area contributed by atoms with Crippen LogP contribution in [0.2, 0.25) is 0 Å². The Balaban J connectivity index is 2.79. The van der Waals surface area contributed by atoms with Gasteiger partial charge in [-0.05, 0) is 5.92 Å². The monoisotopic (exact) mass is 212 g/mol. The van der Waals surface area contributed by atoms with Crippen molar-refractivity contribution in [1.29, 1.82) is 0 Å². The maximum Gasteiger partial charge on any atom is 0.292 e. The van der Waals surface area contributed by atoms with E-state index < -0.39 is 0 Å². The maximum absolute atomic E-state index is 11.2. The fraction of sp³-hybridized carbons (Fsp3) is 0.667. The third kappa shape index (κ3) is 2.53. The maximum atomic E-state index is 11.2. The summed E-state index contributed by atoms with van der Waals surface area (Å²) in [7, 11) is 1.51. The lowest BCUT2D eigenvalue weighted by Gasteiger charge is -2.12. The summed E-state index contributed by atoms with van der Waals surface area (Å²) in [5, 5.41) is 5.96. The molecule has 0 bridgehead atoms. The number of amides is 1. The molecule has 1 aromatic rings. The first-order valence-electron chi connectivity index (χ1n) is 4.91. The standard InChI is InChI=1S/C9H16N4O2/c1-4-5(2)6(10)9-12-7(13-15-9)8(14)11-3/h5-6H,4,10H2,1-3H3,(H,11,14). The van der Waals surface area contributed by atoms with Gasteiger partial charge in [-0.2, -0.15) is 4.98 Å². The molecule has 2 unspecified atom stereocenters. The fourth-order valence-corrected chi connectivity index (χ4v) is 1.07. The molecular weight excluding hydrogens is 196 g/mol. The van der Waals surface area contributed by atoms with Crippen LogP contribution in [-0.2, 0) is 0 Å². The number of hydrogen-bond acceptors (Lipinski definition) is 5. The molecule has 84 valence electrons. The Morgan fingerprint density at radius 2 is 2.33 bits per heavy atom. The third-order valence-corrected chi connectivity index (χ3v) is 2.41. The molecular formula is C9H16N4O2. The molecule has 0 aromatic carbocycles. The van der Waals surface area contributed by atoms with E-state index in [1.807, 2.05) is 13.8 Å². The van der Waals surface area contributed by atoms with Crippen molar-refractivity contribution in [3.63, 3.8) is 0 Å². The first-order chi connectivity index (χ1) is 7.10. The number of aromatic nitrogens is 2. The molecule has 0 saturated heterocycles. The highest BCUT2D eigenvalue weighted by Crippen LogP contribution is 2.19. The number of nitrogens with zero attached hydrogens (tertiary/aromatic N) is 2. The number of rotatable bonds is 4. The van der Waals surface area contributed by atoms with Crippen LogP contribution in [0.5, 0.6) is 0 Å². The van der Waals surface area contributed by atoms with Gasteiger partial charge in [0.1, 0.15) is 0 Å². The normalized spacial score (nSPS) is 14.7. The Kier molecular flexibility index (Phi) is 3.79. The number of carbonyl (C=O) groups excluding carboxylic acids is 1. The van der Waals surface area contributed by atoms with E-state index in [0.29, 0.717) is 5.89 Å². The lowest BCUT2D eigenvalue weighted by Crippen LogP contribution is -2.21. The fourth-order valence-electron chi connectivity index (χ4n) is 1.07. The van der Waals surface area contributed by atoms with Gasteiger partial charge in [-0.3, -0.25) is 4.79 Å². The van der Waals surface area contributed by atoms with Gasteiger partial charge < -0.3 is 15.6 Å². The smallest absolute Gasteiger partial charge is 0.292 e. The van der Waals surface area contributed by atoms with E-state index in [-0.39, 0.29) is 23.7 Å². The quantitative estimate of drug-likeness (QED) is 0.756. The van der Waals surface area contributed by atoms with Gasteiger partial charge in [0, 0.05) is 7.05 Å². The second-order valence-electron chi connectivity index (χ2n) is 3.45. The molecule has 0 aliphatic carbocycles. The molecule has 6 nitrogen and oxygen atoms in total. The van der Waals surface area contributed by atoms with Gasteiger partial charge in [-0.1, -0.05) is 25.4 Å². The molecule has 1 amide bonds. The lowest BCUT2D eigenvalue weighted by molar-refractivity contribution is 0.0950. The van der Waals surface area contributed by atoms with Gasteiger partial charge in [-0.25, -0.2) is 0 Å². The zero-order valence-electron chi connectivity index (χ0n) is 9.15. The molecule has 0 radical (unpaired) electrons. The Morgan fingerprint density at radius 1 is 1.67 bits per heavy atom. The predicted molar refractivity (Wildman–Crippen MR) is 54.1 cm³/mol. The summed E-state index contributed by atoms with van der Waals surface area (Å²) < 4.78 is 4.93. The van der Waals surface area contributed by atoms with Crippen LogP contribution < -0.4 is 11.1 Å². The molecule has 2 atom stereocenters. The van der Waals surface area contributed by atoms with Crippen LogP contribution in [0.1, 0.15) is 42.8 Å². The molecule has 0 fully saturated rings. The highest BCUT2D eigenvalue weighted by atomic mass is 16.5. The largest absolute Gasteiger partial charge is 0.352 e. The molecule has 1 rings (SSSR count). The zero-order chi connectivity index (χ0) is 11.4. The van der Waals surface area contributed by atoms with E-state index in [1.165, 1.54) is 7.05 Å². The summed E-state index contributed by atoms with van der Waals surface area (Å²) in [6.45, 7) is 4.02. The molecule has 1 heterocycles. The molecule has 1 aromatic heterocycles. The first kappa shape index (κ1) is 11.6. The third-order valence-electron chi connectivity index (χ3n) is 2.41. The van der Waals surface area contributed by atoms with Crippen LogP contribution in [0.15, 0.2) is 4.52 Å². The molecule has 15 heavy (non-hydrogen) atoms. The van der Waals surface area contributed by atoms with Crippen molar-refractivity contribution in [2.75, 3.05) is 7.05 Å². The highest BCUT2D eigenvalue weighted by Gasteiger charge is 2.21. The molecule has 0 spiro atoms. The SMILES string of the molecule is CCC(C)C(N)c1nc(C(=O)NC)no1. The minimum absolute atomic E-state index is 0.0197. The van der Waals surface area contributed by atoms with E-state index in [2.05, 4.69) is 15.5 Å². The molecule has 6 heteroatoms. The topological polar surface area (TPSA) is 94.0 Å². The minimum atomic E-state index is -0.374. The summed E-state index contributed by atoms with van der Waals surface area (Å²) in [6.07, 6.45) is 0.916. The Labute approximate surface area is 88.2 Å². The average molecular weight is 212 g/mol. The van der Waals surface area contributed by atoms with Gasteiger partial charge in [0.25, 0.3) is 11.7 Å². The Hall–Kier alpha value is -1.43. The second-order valence-corrected chi connectivity index (χ2v) is 3.45. The first-order valence-corrected chi connectivity index (χ1v) is 4.91. The van der Waals surface area contributed by atoms with Crippen molar-refractivity contribution in [1.82, 2.24) is 15.5 Å². The molecule has 3 N–H and O–H groups in total. The van der Waals surface area contributed by atoms with Crippen molar-refractivity contribution in [2.24, 2.45) is 11.7 Å². The van der Waals surface area contributed by atoms with Crippen LogP contribution >= 0.6 is 0 Å². The van der Waals surface area contributed by atoms with Crippen LogP contribution in [-0.4, -0.2) is 23.1 Å². The number of hydrogen-bond donors (Lipinski definition) is 2. The summed E-state index contributed by atoms with van der Waals surface area (Å²) in [5.41, 5.74) is 5.88.